The van der Waals surface area contributed by atoms with Gasteiger partial charge in [0, 0.05) is 42.7 Å². The summed E-state index contributed by atoms with van der Waals surface area (Å²) in [6.07, 6.45) is 6.07. The molecule has 1 aromatic carbocycles. The molecule has 1 aromatic rings. The zero-order chi connectivity index (χ0) is 27.7. The molecular formula is C30H41N3O4S. The first-order chi connectivity index (χ1) is 18.2. The molecule has 3 fully saturated rings. The number of hydrogen-bond donors (Lipinski definition) is 1. The first-order valence-electron chi connectivity index (χ1n) is 13.7. The minimum absolute atomic E-state index is 0.0331. The third-order valence-electron chi connectivity index (χ3n) is 8.46. The highest BCUT2D eigenvalue weighted by Gasteiger charge is 2.77. The summed E-state index contributed by atoms with van der Waals surface area (Å²) >= 11 is 1.69. The van der Waals surface area contributed by atoms with E-state index < -0.39 is 27.4 Å². The van der Waals surface area contributed by atoms with Crippen LogP contribution in [0.2, 0.25) is 0 Å². The number of fused-ring (bicyclic) bond motifs is 1. The van der Waals surface area contributed by atoms with Gasteiger partial charge in [0.1, 0.15) is 6.04 Å². The van der Waals surface area contributed by atoms with Crippen molar-refractivity contribution in [3.63, 3.8) is 0 Å². The van der Waals surface area contributed by atoms with Crippen LogP contribution in [0, 0.1) is 11.8 Å². The van der Waals surface area contributed by atoms with Crippen LogP contribution >= 0.6 is 11.8 Å². The van der Waals surface area contributed by atoms with Gasteiger partial charge in [-0.2, -0.15) is 0 Å². The van der Waals surface area contributed by atoms with Gasteiger partial charge < -0.3 is 19.8 Å². The first-order valence-corrected chi connectivity index (χ1v) is 14.5. The molecule has 38 heavy (non-hydrogen) atoms. The number of amides is 3. The molecule has 3 aliphatic rings. The van der Waals surface area contributed by atoms with E-state index in [-0.39, 0.29) is 30.4 Å². The van der Waals surface area contributed by atoms with Gasteiger partial charge in [-0.15, -0.1) is 24.9 Å². The second-order valence-electron chi connectivity index (χ2n) is 11.1. The molecule has 5 atom stereocenters. The predicted octanol–water partition coefficient (Wildman–Crippen LogP) is 3.88. The second-order valence-corrected chi connectivity index (χ2v) is 13.0. The fourth-order valence-corrected chi connectivity index (χ4v) is 9.14. The Kier molecular flexibility index (Phi) is 8.43. The predicted molar refractivity (Wildman–Crippen MR) is 153 cm³/mol. The number of carbonyl (C=O) groups is 3. The third kappa shape index (κ3) is 4.60. The van der Waals surface area contributed by atoms with Crippen molar-refractivity contribution in [2.45, 2.75) is 68.0 Å². The molecule has 2 bridgehead atoms. The molecule has 1 N–H and O–H groups in total. The number of thioether (sulfide) groups is 1. The minimum atomic E-state index is -0.659. The second kappa shape index (κ2) is 11.3. The van der Waals surface area contributed by atoms with Crippen LogP contribution in [0.25, 0.3) is 0 Å². The summed E-state index contributed by atoms with van der Waals surface area (Å²) in [7, 11) is 0. The lowest BCUT2D eigenvalue weighted by Crippen LogP contribution is -2.56. The molecule has 1 spiro atoms. The highest BCUT2D eigenvalue weighted by Crippen LogP contribution is 2.71. The Labute approximate surface area is 230 Å². The summed E-state index contributed by atoms with van der Waals surface area (Å²) in [4.78, 5) is 48.1. The Hall–Kier alpha value is -2.58. The van der Waals surface area contributed by atoms with E-state index in [1.54, 1.807) is 38.6 Å². The Morgan fingerprint density at radius 2 is 1.82 bits per heavy atom. The van der Waals surface area contributed by atoms with Crippen molar-refractivity contribution in [2.24, 2.45) is 11.8 Å². The molecule has 0 saturated carbocycles. The average Bonchev–Trinajstić information content (AvgIpc) is 3.46. The number of likely N-dealkylation sites (tertiary alicyclic amines) is 1. The van der Waals surface area contributed by atoms with E-state index in [0.717, 1.165) is 12.1 Å². The number of unbranched alkanes of at least 4 members (excludes halogenated alkanes) is 1. The maximum absolute atomic E-state index is 14.4. The van der Waals surface area contributed by atoms with Gasteiger partial charge >= 0.3 is 0 Å². The van der Waals surface area contributed by atoms with E-state index in [0.29, 0.717) is 38.9 Å². The SMILES string of the molecule is C=CCN(C(=O)[C@@H]1[C@H]2C(=O)N(CCCCO)C(C(=O)N(CC=C)C(C)C)C23CC[C@@]1(C)S3)c1ccccc1. The van der Waals surface area contributed by atoms with Gasteiger partial charge in [0.05, 0.1) is 16.6 Å². The van der Waals surface area contributed by atoms with Crippen LogP contribution in [0.3, 0.4) is 0 Å². The molecule has 3 saturated heterocycles. The van der Waals surface area contributed by atoms with Gasteiger partial charge in [0.15, 0.2) is 0 Å². The van der Waals surface area contributed by atoms with Crippen LogP contribution < -0.4 is 4.90 Å². The topological polar surface area (TPSA) is 81.2 Å². The highest BCUT2D eigenvalue weighted by atomic mass is 32.2. The number of para-hydroxylation sites is 1. The van der Waals surface area contributed by atoms with Gasteiger partial charge in [-0.3, -0.25) is 14.4 Å². The van der Waals surface area contributed by atoms with E-state index in [4.69, 9.17) is 0 Å². The van der Waals surface area contributed by atoms with Crippen molar-refractivity contribution in [3.05, 3.63) is 55.6 Å². The van der Waals surface area contributed by atoms with Crippen LogP contribution in [0.1, 0.15) is 46.5 Å². The molecule has 3 heterocycles. The number of hydrogen-bond acceptors (Lipinski definition) is 5. The Balaban J connectivity index is 1.78. The monoisotopic (exact) mass is 539 g/mol. The summed E-state index contributed by atoms with van der Waals surface area (Å²) in [5, 5.41) is 9.39. The Morgan fingerprint density at radius 3 is 2.42 bits per heavy atom. The van der Waals surface area contributed by atoms with Crippen molar-refractivity contribution >= 4 is 35.2 Å². The molecule has 3 amide bonds. The van der Waals surface area contributed by atoms with E-state index in [9.17, 15) is 19.5 Å². The molecular weight excluding hydrogens is 498 g/mol. The molecule has 4 rings (SSSR count). The van der Waals surface area contributed by atoms with Gasteiger partial charge in [0.2, 0.25) is 17.7 Å². The lowest BCUT2D eigenvalue weighted by molar-refractivity contribution is -0.143. The maximum atomic E-state index is 14.4. The molecule has 0 aromatic heterocycles. The highest BCUT2D eigenvalue weighted by molar-refractivity contribution is 8.02. The van der Waals surface area contributed by atoms with Crippen LogP contribution in [0.5, 0.6) is 0 Å². The third-order valence-corrected chi connectivity index (χ3v) is 10.4. The minimum Gasteiger partial charge on any atom is -0.396 e. The van der Waals surface area contributed by atoms with Crippen molar-refractivity contribution in [1.82, 2.24) is 9.80 Å². The first kappa shape index (κ1) is 28.4. The largest absolute Gasteiger partial charge is 0.396 e. The van der Waals surface area contributed by atoms with E-state index in [2.05, 4.69) is 20.1 Å². The number of rotatable bonds is 12. The zero-order valence-corrected chi connectivity index (χ0v) is 23.7. The van der Waals surface area contributed by atoms with Gasteiger partial charge in [-0.05, 0) is 58.6 Å². The Morgan fingerprint density at radius 1 is 1.13 bits per heavy atom. The molecule has 3 aliphatic heterocycles. The molecule has 0 radical (unpaired) electrons. The fraction of sp³-hybridized carbons (Fsp3) is 0.567. The zero-order valence-electron chi connectivity index (χ0n) is 22.8. The molecule has 8 heteroatoms. The summed E-state index contributed by atoms with van der Waals surface area (Å²) in [5.74, 6) is -1.38. The number of aliphatic hydroxyl groups excluding tert-OH is 1. The molecule has 206 valence electrons. The standard InChI is InChI=1S/C30H41N3O4S/c1-6-17-31(21(3)4)28(37)25-30-16-15-29(5,38-30)23(24(30)27(36)33(25)19-11-12-20-34)26(35)32(18-7-2)22-13-9-8-10-14-22/h6-10,13-14,21,23-25,34H,1-2,11-12,15-20H2,3-5H3/t23-,24-,25?,29+,30?/m0/s1. The number of carbonyl (C=O) groups excluding carboxylic acids is 3. The maximum Gasteiger partial charge on any atom is 0.247 e. The van der Waals surface area contributed by atoms with Crippen LogP contribution in [0.15, 0.2) is 55.6 Å². The normalized spacial score (nSPS) is 29.4. The summed E-state index contributed by atoms with van der Waals surface area (Å²) in [6.45, 7) is 14.9. The van der Waals surface area contributed by atoms with Gasteiger partial charge in [-0.1, -0.05) is 30.4 Å². The Bertz CT molecular complexity index is 1080. The number of benzene rings is 1. The molecule has 0 aliphatic carbocycles. The summed E-state index contributed by atoms with van der Waals surface area (Å²) in [6, 6.07) is 8.82. The van der Waals surface area contributed by atoms with Crippen molar-refractivity contribution in [1.29, 1.82) is 0 Å². The number of anilines is 1. The lowest BCUT2D eigenvalue weighted by Gasteiger charge is -2.39. The summed E-state index contributed by atoms with van der Waals surface area (Å²) in [5.41, 5.74) is 0.776. The number of nitrogens with zero attached hydrogens (tertiary/aromatic N) is 3. The molecule has 2 unspecified atom stereocenters. The van der Waals surface area contributed by atoms with E-state index in [1.807, 2.05) is 44.2 Å². The van der Waals surface area contributed by atoms with E-state index in [1.165, 1.54) is 0 Å². The van der Waals surface area contributed by atoms with Crippen LogP contribution in [0.4, 0.5) is 5.69 Å². The summed E-state index contributed by atoms with van der Waals surface area (Å²) < 4.78 is -1.10. The van der Waals surface area contributed by atoms with Crippen LogP contribution in [-0.2, 0) is 14.4 Å². The van der Waals surface area contributed by atoms with E-state index >= 15 is 0 Å². The average molecular weight is 540 g/mol. The van der Waals surface area contributed by atoms with Crippen molar-refractivity contribution < 1.29 is 19.5 Å². The smallest absolute Gasteiger partial charge is 0.247 e. The lowest BCUT2D eigenvalue weighted by atomic mass is 9.66. The quantitative estimate of drug-likeness (QED) is 0.322. The van der Waals surface area contributed by atoms with Gasteiger partial charge in [0.25, 0.3) is 0 Å². The van der Waals surface area contributed by atoms with Gasteiger partial charge in [-0.25, -0.2) is 0 Å². The van der Waals surface area contributed by atoms with Crippen LogP contribution in [-0.4, -0.2) is 80.4 Å². The van der Waals surface area contributed by atoms with Crippen molar-refractivity contribution in [3.8, 4) is 0 Å². The number of aliphatic hydroxyl groups is 1. The molecule has 7 nitrogen and oxygen atoms in total. The fourth-order valence-electron chi connectivity index (χ4n) is 6.79. The van der Waals surface area contributed by atoms with Crippen molar-refractivity contribution in [2.75, 3.05) is 31.1 Å².